The highest BCUT2D eigenvalue weighted by Crippen LogP contribution is 2.26. The van der Waals surface area contributed by atoms with Crippen LogP contribution in [0.25, 0.3) is 0 Å². The number of carboxylic acids is 1. The van der Waals surface area contributed by atoms with E-state index in [1.54, 1.807) is 18.7 Å². The number of carbonyl (C=O) groups is 2. The van der Waals surface area contributed by atoms with Crippen LogP contribution in [0, 0.1) is 5.92 Å². The van der Waals surface area contributed by atoms with Gasteiger partial charge in [-0.15, -0.1) is 0 Å². The molecule has 0 aliphatic carbocycles. The first-order valence-corrected chi connectivity index (χ1v) is 7.39. The number of nitrogens with one attached hydrogen (secondary N) is 1. The monoisotopic (exact) mass is 290 g/mol. The molecule has 0 bridgehead atoms. The zero-order chi connectivity index (χ0) is 15.4. The molecule has 5 heteroatoms. The lowest BCUT2D eigenvalue weighted by Gasteiger charge is -2.26. The summed E-state index contributed by atoms with van der Waals surface area (Å²) in [6.07, 6.45) is 2.90. The van der Waals surface area contributed by atoms with Crippen molar-refractivity contribution in [3.8, 4) is 0 Å². The summed E-state index contributed by atoms with van der Waals surface area (Å²) in [4.78, 5) is 25.4. The minimum Gasteiger partial charge on any atom is -0.480 e. The Balaban J connectivity index is 2.20. The Labute approximate surface area is 125 Å². The van der Waals surface area contributed by atoms with Gasteiger partial charge in [-0.1, -0.05) is 32.0 Å². The lowest BCUT2D eigenvalue weighted by molar-refractivity contribution is -0.140. The van der Waals surface area contributed by atoms with Crippen LogP contribution in [0.2, 0.25) is 0 Å². The Hall–Kier alpha value is -2.04. The van der Waals surface area contributed by atoms with Crippen molar-refractivity contribution in [3.63, 3.8) is 0 Å². The predicted octanol–water partition coefficient (Wildman–Crippen LogP) is 2.65. The van der Waals surface area contributed by atoms with Crippen LogP contribution in [-0.2, 0) is 11.2 Å². The molecule has 1 aliphatic heterocycles. The van der Waals surface area contributed by atoms with E-state index < -0.39 is 12.0 Å². The summed E-state index contributed by atoms with van der Waals surface area (Å²) in [5.74, 6) is -1.16. The predicted molar refractivity (Wildman–Crippen MR) is 81.5 cm³/mol. The van der Waals surface area contributed by atoms with Crippen LogP contribution < -0.4 is 10.2 Å². The highest BCUT2D eigenvalue weighted by molar-refractivity contribution is 5.95. The number of para-hydroxylation sites is 1. The molecule has 1 aromatic rings. The minimum atomic E-state index is -0.999. The maximum Gasteiger partial charge on any atom is 0.326 e. The van der Waals surface area contributed by atoms with Crippen molar-refractivity contribution in [3.05, 3.63) is 29.8 Å². The van der Waals surface area contributed by atoms with Gasteiger partial charge in [0, 0.05) is 12.2 Å². The summed E-state index contributed by atoms with van der Waals surface area (Å²) in [6, 6.07) is 6.62. The third-order valence-electron chi connectivity index (χ3n) is 3.82. The Morgan fingerprint density at radius 1 is 1.24 bits per heavy atom. The van der Waals surface area contributed by atoms with Crippen LogP contribution in [0.3, 0.4) is 0 Å². The molecule has 2 amide bonds. The first kappa shape index (κ1) is 15.4. The summed E-state index contributed by atoms with van der Waals surface area (Å²) in [6.45, 7) is 4.19. The number of carboxylic acid groups (broad SMARTS) is 1. The zero-order valence-electron chi connectivity index (χ0n) is 12.5. The number of amides is 2. The summed E-state index contributed by atoms with van der Waals surface area (Å²) in [5.41, 5.74) is 2.03. The molecular formula is C16H22N2O3. The van der Waals surface area contributed by atoms with E-state index in [2.05, 4.69) is 5.32 Å². The van der Waals surface area contributed by atoms with E-state index in [9.17, 15) is 14.7 Å². The molecule has 114 valence electrons. The van der Waals surface area contributed by atoms with Crippen molar-refractivity contribution in [2.24, 2.45) is 5.92 Å². The summed E-state index contributed by atoms with van der Waals surface area (Å²) in [5, 5.41) is 11.9. The van der Waals surface area contributed by atoms with Crippen LogP contribution >= 0.6 is 0 Å². The van der Waals surface area contributed by atoms with Crippen molar-refractivity contribution < 1.29 is 14.7 Å². The Morgan fingerprint density at radius 2 is 1.95 bits per heavy atom. The van der Waals surface area contributed by atoms with E-state index >= 15 is 0 Å². The van der Waals surface area contributed by atoms with Crippen LogP contribution in [0.15, 0.2) is 24.3 Å². The molecule has 1 heterocycles. The molecular weight excluding hydrogens is 268 g/mol. The van der Waals surface area contributed by atoms with Crippen LogP contribution in [-0.4, -0.2) is 29.7 Å². The molecule has 0 saturated heterocycles. The average Bonchev–Trinajstić information content (AvgIpc) is 2.66. The standard InChI is InChI=1S/C16H22N2O3/c1-11(2)14(15(19)20)17-16(21)18-10-6-5-8-12-7-3-4-9-13(12)18/h3-4,7,9,11,14H,5-6,8,10H2,1-2H3,(H,17,21)(H,19,20)/t14-/m0/s1. The van der Waals surface area contributed by atoms with E-state index in [1.165, 1.54) is 0 Å². The SMILES string of the molecule is CC(C)[C@H](NC(=O)N1CCCCc2ccccc21)C(=O)O. The Morgan fingerprint density at radius 3 is 2.62 bits per heavy atom. The van der Waals surface area contributed by atoms with Gasteiger partial charge in [0.25, 0.3) is 0 Å². The van der Waals surface area contributed by atoms with Gasteiger partial charge in [0.15, 0.2) is 0 Å². The number of rotatable bonds is 3. The molecule has 2 N–H and O–H groups in total. The number of carbonyl (C=O) groups excluding carboxylic acids is 1. The summed E-state index contributed by atoms with van der Waals surface area (Å²) >= 11 is 0. The number of fused-ring (bicyclic) bond motifs is 1. The lowest BCUT2D eigenvalue weighted by atomic mass is 10.1. The number of aliphatic carboxylic acids is 1. The number of nitrogens with zero attached hydrogens (tertiary/aromatic N) is 1. The lowest BCUT2D eigenvalue weighted by Crippen LogP contribution is -2.50. The molecule has 1 aliphatic rings. The van der Waals surface area contributed by atoms with Crippen LogP contribution in [0.4, 0.5) is 10.5 Å². The van der Waals surface area contributed by atoms with Gasteiger partial charge in [0.2, 0.25) is 0 Å². The molecule has 0 saturated carbocycles. The van der Waals surface area contributed by atoms with Gasteiger partial charge in [-0.25, -0.2) is 9.59 Å². The molecule has 1 aromatic carbocycles. The van der Waals surface area contributed by atoms with E-state index in [0.29, 0.717) is 6.54 Å². The van der Waals surface area contributed by atoms with Crippen LogP contribution in [0.5, 0.6) is 0 Å². The van der Waals surface area contributed by atoms with Crippen LogP contribution in [0.1, 0.15) is 32.3 Å². The van der Waals surface area contributed by atoms with Gasteiger partial charge >= 0.3 is 12.0 Å². The number of aryl methyl sites for hydroxylation is 1. The fourth-order valence-corrected chi connectivity index (χ4v) is 2.63. The Bertz CT molecular complexity index is 528. The third-order valence-corrected chi connectivity index (χ3v) is 3.82. The zero-order valence-corrected chi connectivity index (χ0v) is 12.5. The maximum absolute atomic E-state index is 12.5. The highest BCUT2D eigenvalue weighted by atomic mass is 16.4. The molecule has 0 aromatic heterocycles. The third kappa shape index (κ3) is 3.54. The van der Waals surface area contributed by atoms with Crippen molar-refractivity contribution in [1.29, 1.82) is 0 Å². The molecule has 0 unspecified atom stereocenters. The first-order valence-electron chi connectivity index (χ1n) is 7.39. The molecule has 0 spiro atoms. The minimum absolute atomic E-state index is 0.159. The van der Waals surface area contributed by atoms with E-state index in [-0.39, 0.29) is 11.9 Å². The van der Waals surface area contributed by atoms with E-state index in [0.717, 1.165) is 30.5 Å². The van der Waals surface area contributed by atoms with Crippen molar-refractivity contribution in [2.75, 3.05) is 11.4 Å². The molecule has 5 nitrogen and oxygen atoms in total. The normalized spacial score (nSPS) is 16.0. The van der Waals surface area contributed by atoms with E-state index in [4.69, 9.17) is 0 Å². The fourth-order valence-electron chi connectivity index (χ4n) is 2.63. The first-order chi connectivity index (χ1) is 10.0. The molecule has 0 radical (unpaired) electrons. The fraction of sp³-hybridized carbons (Fsp3) is 0.500. The second-order valence-electron chi connectivity index (χ2n) is 5.75. The van der Waals surface area contributed by atoms with E-state index in [1.807, 2.05) is 24.3 Å². The molecule has 1 atom stereocenters. The van der Waals surface area contributed by atoms with Gasteiger partial charge < -0.3 is 10.4 Å². The van der Waals surface area contributed by atoms with Gasteiger partial charge in [-0.3, -0.25) is 4.90 Å². The van der Waals surface area contributed by atoms with Gasteiger partial charge in [-0.2, -0.15) is 0 Å². The second-order valence-corrected chi connectivity index (χ2v) is 5.75. The molecule has 21 heavy (non-hydrogen) atoms. The quantitative estimate of drug-likeness (QED) is 0.899. The van der Waals surface area contributed by atoms with Crippen molar-refractivity contribution >= 4 is 17.7 Å². The number of benzene rings is 1. The number of hydrogen-bond acceptors (Lipinski definition) is 2. The molecule has 2 rings (SSSR count). The number of hydrogen-bond donors (Lipinski definition) is 2. The Kier molecular flexibility index (Phi) is 4.83. The number of urea groups is 1. The molecule has 0 fully saturated rings. The van der Waals surface area contributed by atoms with Gasteiger partial charge in [-0.05, 0) is 36.8 Å². The van der Waals surface area contributed by atoms with Gasteiger partial charge in [0.05, 0.1) is 0 Å². The van der Waals surface area contributed by atoms with Crippen molar-refractivity contribution in [1.82, 2.24) is 5.32 Å². The van der Waals surface area contributed by atoms with Gasteiger partial charge in [0.1, 0.15) is 6.04 Å². The average molecular weight is 290 g/mol. The maximum atomic E-state index is 12.5. The summed E-state index contributed by atoms with van der Waals surface area (Å²) in [7, 11) is 0. The highest BCUT2D eigenvalue weighted by Gasteiger charge is 2.27. The summed E-state index contributed by atoms with van der Waals surface area (Å²) < 4.78 is 0. The number of anilines is 1. The second kappa shape index (κ2) is 6.61. The van der Waals surface area contributed by atoms with Crippen molar-refractivity contribution in [2.45, 2.75) is 39.2 Å². The largest absolute Gasteiger partial charge is 0.480 e. The smallest absolute Gasteiger partial charge is 0.326 e. The topological polar surface area (TPSA) is 69.6 Å².